The summed E-state index contributed by atoms with van der Waals surface area (Å²) in [6.45, 7) is 1.32. The molecule has 2 fully saturated rings. The van der Waals surface area contributed by atoms with Gasteiger partial charge in [0.05, 0.1) is 12.0 Å². The number of carbonyl (C=O) groups is 2. The van der Waals surface area contributed by atoms with Crippen LogP contribution in [0, 0.1) is 0 Å². The van der Waals surface area contributed by atoms with E-state index in [1.807, 2.05) is 0 Å². The summed E-state index contributed by atoms with van der Waals surface area (Å²) < 4.78 is 31.9. The normalized spacial score (nSPS) is 21.1. The number of hydrogen-bond acceptors (Lipinski definition) is 5. The molecular formula is C18H25N3O5S. The molecule has 2 aliphatic heterocycles. The summed E-state index contributed by atoms with van der Waals surface area (Å²) in [6, 6.07) is 6.38. The topological polar surface area (TPSA) is 96.0 Å². The van der Waals surface area contributed by atoms with E-state index in [0.717, 1.165) is 6.42 Å². The fraction of sp³-hybridized carbons (Fsp3) is 0.556. The Morgan fingerprint density at radius 1 is 1.19 bits per heavy atom. The number of nitrogens with zero attached hydrogens (tertiary/aromatic N) is 2. The Labute approximate surface area is 159 Å². The van der Waals surface area contributed by atoms with Crippen molar-refractivity contribution in [3.63, 3.8) is 0 Å². The second kappa shape index (κ2) is 8.26. The summed E-state index contributed by atoms with van der Waals surface area (Å²) in [5.41, 5.74) is 0. The Morgan fingerprint density at radius 3 is 2.41 bits per heavy atom. The smallest absolute Gasteiger partial charge is 0.243 e. The number of ether oxygens (including phenoxy) is 1. The molecule has 3 rings (SSSR count). The van der Waals surface area contributed by atoms with E-state index in [1.165, 1.54) is 23.5 Å². The van der Waals surface area contributed by atoms with Crippen molar-refractivity contribution in [2.24, 2.45) is 0 Å². The van der Waals surface area contributed by atoms with Crippen LogP contribution in [-0.4, -0.2) is 68.8 Å². The summed E-state index contributed by atoms with van der Waals surface area (Å²) in [4.78, 5) is 25.5. The second-order valence-electron chi connectivity index (χ2n) is 6.80. The molecule has 0 unspecified atom stereocenters. The average molecular weight is 395 g/mol. The van der Waals surface area contributed by atoms with E-state index in [0.29, 0.717) is 38.1 Å². The molecule has 1 aromatic rings. The standard InChI is InChI=1S/C18H25N3O5S/c1-26-15-4-6-16(7-5-15)27(24,25)21-12-10-20(11-13-21)18(23)9-3-14-2-8-17(22)19-14/h4-7,14H,2-3,8-13H2,1H3,(H,19,22)/t14-/m1/s1. The maximum atomic E-state index is 12.7. The lowest BCUT2D eigenvalue weighted by Crippen LogP contribution is -2.50. The zero-order valence-electron chi connectivity index (χ0n) is 15.4. The van der Waals surface area contributed by atoms with Gasteiger partial charge in [0.1, 0.15) is 5.75 Å². The third-order valence-electron chi connectivity index (χ3n) is 5.08. The molecule has 1 N–H and O–H groups in total. The lowest BCUT2D eigenvalue weighted by Gasteiger charge is -2.34. The highest BCUT2D eigenvalue weighted by atomic mass is 32.2. The summed E-state index contributed by atoms with van der Waals surface area (Å²) in [5, 5.41) is 2.86. The van der Waals surface area contributed by atoms with E-state index in [9.17, 15) is 18.0 Å². The van der Waals surface area contributed by atoms with Crippen LogP contribution >= 0.6 is 0 Å². The number of nitrogens with one attached hydrogen (secondary N) is 1. The minimum atomic E-state index is -3.58. The Hall–Kier alpha value is -2.13. The third kappa shape index (κ3) is 4.59. The van der Waals surface area contributed by atoms with Crippen LogP contribution in [0.1, 0.15) is 25.7 Å². The number of rotatable bonds is 6. The molecule has 0 aliphatic carbocycles. The van der Waals surface area contributed by atoms with E-state index in [-0.39, 0.29) is 35.8 Å². The van der Waals surface area contributed by atoms with E-state index in [4.69, 9.17) is 4.74 Å². The number of piperazine rings is 1. The van der Waals surface area contributed by atoms with Crippen LogP contribution < -0.4 is 10.1 Å². The first-order valence-corrected chi connectivity index (χ1v) is 10.6. The number of amides is 2. The molecule has 2 aliphatic rings. The first-order valence-electron chi connectivity index (χ1n) is 9.11. The zero-order valence-corrected chi connectivity index (χ0v) is 16.2. The highest BCUT2D eigenvalue weighted by Gasteiger charge is 2.30. The molecule has 1 aromatic carbocycles. The van der Waals surface area contributed by atoms with Crippen molar-refractivity contribution in [1.29, 1.82) is 0 Å². The number of methoxy groups -OCH3 is 1. The summed E-state index contributed by atoms with van der Waals surface area (Å²) in [7, 11) is -2.05. The minimum Gasteiger partial charge on any atom is -0.497 e. The number of sulfonamides is 1. The molecule has 0 spiro atoms. The van der Waals surface area contributed by atoms with Gasteiger partial charge in [-0.05, 0) is 37.1 Å². The Kier molecular flexibility index (Phi) is 6.01. The fourth-order valence-corrected chi connectivity index (χ4v) is 4.85. The van der Waals surface area contributed by atoms with Gasteiger partial charge in [0.25, 0.3) is 0 Å². The van der Waals surface area contributed by atoms with Gasteiger partial charge in [-0.2, -0.15) is 4.31 Å². The van der Waals surface area contributed by atoms with Gasteiger partial charge in [0, 0.05) is 45.1 Å². The molecule has 0 radical (unpaired) electrons. The molecule has 0 aromatic heterocycles. The largest absolute Gasteiger partial charge is 0.497 e. The van der Waals surface area contributed by atoms with E-state index >= 15 is 0 Å². The molecule has 1 atom stereocenters. The lowest BCUT2D eigenvalue weighted by atomic mass is 10.1. The monoisotopic (exact) mass is 395 g/mol. The Bertz CT molecular complexity index is 786. The predicted molar refractivity (Wildman–Crippen MR) is 98.7 cm³/mol. The van der Waals surface area contributed by atoms with Gasteiger partial charge in [-0.1, -0.05) is 0 Å². The van der Waals surface area contributed by atoms with E-state index in [2.05, 4.69) is 5.32 Å². The Balaban J connectivity index is 1.51. The summed E-state index contributed by atoms with van der Waals surface area (Å²) in [6.07, 6.45) is 2.31. The van der Waals surface area contributed by atoms with Gasteiger partial charge in [0.15, 0.2) is 0 Å². The number of benzene rings is 1. The van der Waals surface area contributed by atoms with Gasteiger partial charge in [-0.25, -0.2) is 8.42 Å². The molecule has 2 heterocycles. The molecule has 0 bridgehead atoms. The SMILES string of the molecule is COc1ccc(S(=O)(=O)N2CCN(C(=O)CC[C@H]3CCC(=O)N3)CC2)cc1. The van der Waals surface area contributed by atoms with Crippen LogP contribution in [0.3, 0.4) is 0 Å². The van der Waals surface area contributed by atoms with Crippen LogP contribution in [0.25, 0.3) is 0 Å². The quantitative estimate of drug-likeness (QED) is 0.760. The highest BCUT2D eigenvalue weighted by Crippen LogP contribution is 2.21. The van der Waals surface area contributed by atoms with Gasteiger partial charge in [-0.15, -0.1) is 0 Å². The van der Waals surface area contributed by atoms with Crippen molar-refractivity contribution in [2.75, 3.05) is 33.3 Å². The van der Waals surface area contributed by atoms with Crippen LogP contribution in [0.5, 0.6) is 5.75 Å². The molecule has 2 saturated heterocycles. The first kappa shape index (κ1) is 19.6. The van der Waals surface area contributed by atoms with Crippen LogP contribution in [0.2, 0.25) is 0 Å². The van der Waals surface area contributed by atoms with Crippen molar-refractivity contribution < 1.29 is 22.7 Å². The van der Waals surface area contributed by atoms with Crippen molar-refractivity contribution in [2.45, 2.75) is 36.6 Å². The lowest BCUT2D eigenvalue weighted by molar-refractivity contribution is -0.132. The van der Waals surface area contributed by atoms with Gasteiger partial charge >= 0.3 is 0 Å². The predicted octanol–water partition coefficient (Wildman–Crippen LogP) is 0.587. The number of hydrogen-bond donors (Lipinski definition) is 1. The maximum Gasteiger partial charge on any atom is 0.243 e. The van der Waals surface area contributed by atoms with Crippen LogP contribution in [0.4, 0.5) is 0 Å². The van der Waals surface area contributed by atoms with Crippen LogP contribution in [-0.2, 0) is 19.6 Å². The van der Waals surface area contributed by atoms with E-state index in [1.54, 1.807) is 17.0 Å². The average Bonchev–Trinajstić information content (AvgIpc) is 3.11. The van der Waals surface area contributed by atoms with Gasteiger partial charge in [0.2, 0.25) is 21.8 Å². The van der Waals surface area contributed by atoms with Crippen molar-refractivity contribution >= 4 is 21.8 Å². The first-order chi connectivity index (χ1) is 12.9. The second-order valence-corrected chi connectivity index (χ2v) is 8.74. The highest BCUT2D eigenvalue weighted by molar-refractivity contribution is 7.89. The Morgan fingerprint density at radius 2 is 1.85 bits per heavy atom. The van der Waals surface area contributed by atoms with Crippen LogP contribution in [0.15, 0.2) is 29.2 Å². The van der Waals surface area contributed by atoms with Crippen molar-refractivity contribution in [3.8, 4) is 5.75 Å². The molecule has 2 amide bonds. The van der Waals surface area contributed by atoms with E-state index < -0.39 is 10.0 Å². The van der Waals surface area contributed by atoms with Crippen molar-refractivity contribution in [3.05, 3.63) is 24.3 Å². The summed E-state index contributed by atoms with van der Waals surface area (Å²) in [5.74, 6) is 0.658. The zero-order chi connectivity index (χ0) is 19.4. The summed E-state index contributed by atoms with van der Waals surface area (Å²) >= 11 is 0. The molecule has 148 valence electrons. The molecule has 9 heteroatoms. The molecule has 27 heavy (non-hydrogen) atoms. The fourth-order valence-electron chi connectivity index (χ4n) is 3.42. The number of carbonyl (C=O) groups excluding carboxylic acids is 2. The van der Waals surface area contributed by atoms with Crippen molar-refractivity contribution in [1.82, 2.24) is 14.5 Å². The molecular weight excluding hydrogens is 370 g/mol. The van der Waals surface area contributed by atoms with Gasteiger partial charge in [-0.3, -0.25) is 9.59 Å². The molecule has 0 saturated carbocycles. The third-order valence-corrected chi connectivity index (χ3v) is 6.99. The maximum absolute atomic E-state index is 12.7. The van der Waals surface area contributed by atoms with Gasteiger partial charge < -0.3 is 15.0 Å². The molecule has 8 nitrogen and oxygen atoms in total. The minimum absolute atomic E-state index is 0.0117.